The van der Waals surface area contributed by atoms with Crippen LogP contribution in [0.3, 0.4) is 0 Å². The summed E-state index contributed by atoms with van der Waals surface area (Å²) >= 11 is 0. The van der Waals surface area contributed by atoms with Gasteiger partial charge in [0.25, 0.3) is 0 Å². The van der Waals surface area contributed by atoms with Crippen molar-refractivity contribution in [1.29, 1.82) is 0 Å². The summed E-state index contributed by atoms with van der Waals surface area (Å²) < 4.78 is 39.5. The van der Waals surface area contributed by atoms with E-state index in [0.29, 0.717) is 19.3 Å². The third-order valence-electron chi connectivity index (χ3n) is 12.6. The van der Waals surface area contributed by atoms with E-state index < -0.39 is 57.8 Å². The number of aliphatic hydroxyl groups excluding tert-OH is 1. The third-order valence-corrected chi connectivity index (χ3v) is 13.5. The Morgan fingerprint density at radius 3 is 1.11 bits per heavy atom. The van der Waals surface area contributed by atoms with Crippen molar-refractivity contribution < 1.29 is 52.2 Å². The first-order chi connectivity index (χ1) is 36.2. The first kappa shape index (κ1) is 70.9. The van der Waals surface area contributed by atoms with Gasteiger partial charge < -0.3 is 24.2 Å². The van der Waals surface area contributed by atoms with E-state index in [0.717, 1.165) is 116 Å². The minimum absolute atomic E-state index is 0.136. The van der Waals surface area contributed by atoms with E-state index in [-0.39, 0.29) is 25.9 Å². The predicted molar refractivity (Wildman–Crippen MR) is 307 cm³/mol. The Bertz CT molecular complexity index is 1520. The van der Waals surface area contributed by atoms with Gasteiger partial charge in [0, 0.05) is 19.3 Å². The standard InChI is InChI=1S/C62H109O11P/c1-4-7-10-13-16-19-22-25-27-29-31-34-37-40-43-46-49-52-61(65)72-58(54-63)56-70-74(67,68)71-57-59(55-69-60(64)51-48-45-42-39-36-33-24-21-18-15-12-9-6-3)73-62(66)53-50-47-44-41-38-35-32-30-28-26-23-20-17-14-11-8-5-2/h8,11,17,20-21,24-28,32,35,58-59,63H,4-7,9-10,12-16,18-19,22-23,29-31,33-34,36-57H2,1-3H3,(H,67,68)/b11-8-,20-17-,24-21-,27-25-,28-26-,35-32-. The summed E-state index contributed by atoms with van der Waals surface area (Å²) in [5.74, 6) is -1.50. The summed E-state index contributed by atoms with van der Waals surface area (Å²) in [5, 5.41) is 9.83. The smallest absolute Gasteiger partial charge is 0.462 e. The largest absolute Gasteiger partial charge is 0.472 e. The molecule has 0 aromatic rings. The molecule has 0 aliphatic carbocycles. The van der Waals surface area contributed by atoms with E-state index in [1.54, 1.807) is 0 Å². The van der Waals surface area contributed by atoms with Crippen molar-refractivity contribution in [3.05, 3.63) is 72.9 Å². The summed E-state index contributed by atoms with van der Waals surface area (Å²) in [6.07, 6.45) is 62.8. The SMILES string of the molecule is CC/C=C\C/C=C\C/C=C\C/C=C\CCCCCCC(=O)OC(COC(=O)CCCCCCC/C=C\CCCCCC)COP(=O)(O)OCC(CO)OC(=O)CCCCCCCCC/C=C\CCCCCCCC. The maximum absolute atomic E-state index is 12.9. The van der Waals surface area contributed by atoms with Crippen LogP contribution in [0, 0.1) is 0 Å². The fraction of sp³-hybridized carbons (Fsp3) is 0.758. The van der Waals surface area contributed by atoms with Gasteiger partial charge in [0.15, 0.2) is 6.10 Å². The summed E-state index contributed by atoms with van der Waals surface area (Å²) in [4.78, 5) is 48.6. The zero-order valence-corrected chi connectivity index (χ0v) is 48.2. The van der Waals surface area contributed by atoms with Crippen LogP contribution >= 0.6 is 7.82 Å². The lowest BCUT2D eigenvalue weighted by atomic mass is 10.1. The number of aliphatic hydroxyl groups is 1. The molecule has 0 spiro atoms. The van der Waals surface area contributed by atoms with Crippen LogP contribution < -0.4 is 0 Å². The van der Waals surface area contributed by atoms with Crippen molar-refractivity contribution >= 4 is 25.7 Å². The molecule has 0 heterocycles. The second-order valence-electron chi connectivity index (χ2n) is 19.8. The Morgan fingerprint density at radius 1 is 0.392 bits per heavy atom. The van der Waals surface area contributed by atoms with Crippen molar-refractivity contribution in [3.63, 3.8) is 0 Å². The van der Waals surface area contributed by atoms with Crippen LogP contribution in [0.1, 0.15) is 265 Å². The number of rotatable bonds is 55. The van der Waals surface area contributed by atoms with Gasteiger partial charge in [0.2, 0.25) is 0 Å². The van der Waals surface area contributed by atoms with Crippen molar-refractivity contribution in [1.82, 2.24) is 0 Å². The highest BCUT2D eigenvalue weighted by molar-refractivity contribution is 7.47. The minimum Gasteiger partial charge on any atom is -0.462 e. The van der Waals surface area contributed by atoms with E-state index in [2.05, 4.69) is 93.7 Å². The van der Waals surface area contributed by atoms with E-state index in [1.165, 1.54) is 89.9 Å². The van der Waals surface area contributed by atoms with Crippen molar-refractivity contribution in [2.45, 2.75) is 277 Å². The molecular weight excluding hydrogens is 952 g/mol. The zero-order valence-electron chi connectivity index (χ0n) is 47.3. The second-order valence-corrected chi connectivity index (χ2v) is 21.2. The number of ether oxygens (including phenoxy) is 3. The molecule has 0 rings (SSSR count). The number of esters is 3. The molecular formula is C62H109O11P. The van der Waals surface area contributed by atoms with Crippen LogP contribution in [-0.2, 0) is 42.2 Å². The summed E-state index contributed by atoms with van der Waals surface area (Å²) in [5.41, 5.74) is 0. The van der Waals surface area contributed by atoms with Crippen LogP contribution in [0.2, 0.25) is 0 Å². The van der Waals surface area contributed by atoms with Crippen LogP contribution in [0.15, 0.2) is 72.9 Å². The molecule has 0 aromatic heterocycles. The average molecular weight is 1060 g/mol. The summed E-state index contributed by atoms with van der Waals surface area (Å²) in [7, 11) is -4.76. The number of carbonyl (C=O) groups excluding carboxylic acids is 3. The number of hydrogen-bond donors (Lipinski definition) is 2. The van der Waals surface area contributed by atoms with Gasteiger partial charge >= 0.3 is 25.7 Å². The van der Waals surface area contributed by atoms with Crippen LogP contribution in [0.5, 0.6) is 0 Å². The maximum atomic E-state index is 12.9. The Morgan fingerprint density at radius 2 is 0.703 bits per heavy atom. The van der Waals surface area contributed by atoms with Gasteiger partial charge in [-0.3, -0.25) is 23.4 Å². The van der Waals surface area contributed by atoms with Gasteiger partial charge in [0.1, 0.15) is 12.7 Å². The van der Waals surface area contributed by atoms with Gasteiger partial charge in [-0.15, -0.1) is 0 Å². The molecule has 0 amide bonds. The van der Waals surface area contributed by atoms with Crippen molar-refractivity contribution in [2.24, 2.45) is 0 Å². The molecule has 3 unspecified atom stereocenters. The summed E-state index contributed by atoms with van der Waals surface area (Å²) in [6.45, 7) is 4.49. The van der Waals surface area contributed by atoms with Crippen molar-refractivity contribution in [2.75, 3.05) is 26.4 Å². The van der Waals surface area contributed by atoms with Gasteiger partial charge in [-0.1, -0.05) is 209 Å². The first-order valence-corrected chi connectivity index (χ1v) is 31.3. The molecule has 12 heteroatoms. The molecule has 0 saturated heterocycles. The number of phosphoric acid groups is 1. The van der Waals surface area contributed by atoms with Crippen LogP contribution in [-0.4, -0.2) is 66.5 Å². The topological polar surface area (TPSA) is 155 Å². The number of phosphoric ester groups is 1. The molecule has 0 aromatic carbocycles. The highest BCUT2D eigenvalue weighted by Gasteiger charge is 2.28. The fourth-order valence-corrected chi connectivity index (χ4v) is 8.83. The highest BCUT2D eigenvalue weighted by atomic mass is 31.2. The maximum Gasteiger partial charge on any atom is 0.472 e. The lowest BCUT2D eigenvalue weighted by Gasteiger charge is -2.21. The number of allylic oxidation sites excluding steroid dienone is 12. The third kappa shape index (κ3) is 53.7. The molecule has 428 valence electrons. The molecule has 2 N–H and O–H groups in total. The first-order valence-electron chi connectivity index (χ1n) is 29.8. The Kier molecular flexibility index (Phi) is 53.8. The Hall–Kier alpha value is -3.08. The number of unbranched alkanes of at least 4 members (excludes halogenated alkanes) is 26. The van der Waals surface area contributed by atoms with Gasteiger partial charge in [-0.25, -0.2) is 4.57 Å². The molecule has 0 radical (unpaired) electrons. The fourth-order valence-electron chi connectivity index (χ4n) is 8.04. The molecule has 0 aliphatic rings. The van der Waals surface area contributed by atoms with Gasteiger partial charge in [-0.2, -0.15) is 0 Å². The highest BCUT2D eigenvalue weighted by Crippen LogP contribution is 2.43. The van der Waals surface area contributed by atoms with Crippen LogP contribution in [0.4, 0.5) is 0 Å². The van der Waals surface area contributed by atoms with Gasteiger partial charge in [-0.05, 0) is 109 Å². The molecule has 0 fully saturated rings. The molecule has 0 aliphatic heterocycles. The number of hydrogen-bond acceptors (Lipinski definition) is 10. The van der Waals surface area contributed by atoms with E-state index in [1.807, 2.05) is 0 Å². The van der Waals surface area contributed by atoms with E-state index in [9.17, 15) is 28.9 Å². The zero-order chi connectivity index (χ0) is 54.1. The predicted octanol–water partition coefficient (Wildman–Crippen LogP) is 17.7. The monoisotopic (exact) mass is 1060 g/mol. The average Bonchev–Trinajstić information content (AvgIpc) is 3.39. The van der Waals surface area contributed by atoms with Crippen molar-refractivity contribution in [3.8, 4) is 0 Å². The normalized spacial score (nSPS) is 13.9. The van der Waals surface area contributed by atoms with Gasteiger partial charge in [0.05, 0.1) is 19.8 Å². The number of carbonyl (C=O) groups is 3. The van der Waals surface area contributed by atoms with E-state index >= 15 is 0 Å². The molecule has 11 nitrogen and oxygen atoms in total. The molecule has 3 atom stereocenters. The molecule has 74 heavy (non-hydrogen) atoms. The lowest BCUT2D eigenvalue weighted by Crippen LogP contribution is -2.30. The lowest BCUT2D eigenvalue weighted by molar-refractivity contribution is -0.161. The summed E-state index contributed by atoms with van der Waals surface area (Å²) in [6, 6.07) is 0. The molecule has 0 saturated carbocycles. The van der Waals surface area contributed by atoms with Crippen LogP contribution in [0.25, 0.3) is 0 Å². The van der Waals surface area contributed by atoms with E-state index in [4.69, 9.17) is 23.3 Å². The second kappa shape index (κ2) is 56.1. The minimum atomic E-state index is -4.76. The Balaban J connectivity index is 4.73. The molecule has 0 bridgehead atoms. The Labute approximate surface area is 452 Å². The quantitative estimate of drug-likeness (QED) is 0.0197.